The fourth-order valence-corrected chi connectivity index (χ4v) is 2.75. The van der Waals surface area contributed by atoms with Crippen LogP contribution in [0.1, 0.15) is 15.9 Å². The van der Waals surface area contributed by atoms with Crippen LogP contribution in [0.5, 0.6) is 11.5 Å². The lowest BCUT2D eigenvalue weighted by molar-refractivity contribution is 0.0696. The summed E-state index contributed by atoms with van der Waals surface area (Å²) in [6.45, 7) is 0. The molecule has 0 radical (unpaired) electrons. The number of hydrogen-bond donors (Lipinski definition) is 1. The second-order valence-corrected chi connectivity index (χ2v) is 5.36. The number of benzene rings is 2. The molecule has 0 spiro atoms. The van der Waals surface area contributed by atoms with Crippen molar-refractivity contribution < 1.29 is 19.4 Å². The summed E-state index contributed by atoms with van der Waals surface area (Å²) in [6.07, 6.45) is 0. The Morgan fingerprint density at radius 1 is 1.10 bits per heavy atom. The monoisotopic (exact) mass is 304 g/mol. The summed E-state index contributed by atoms with van der Waals surface area (Å²) in [4.78, 5) is 11.9. The largest absolute Gasteiger partial charge is 0.493 e. The first-order chi connectivity index (χ1) is 10.1. The zero-order valence-electron chi connectivity index (χ0n) is 11.8. The molecule has 0 amide bonds. The predicted molar refractivity (Wildman–Crippen MR) is 82.5 cm³/mol. The number of aromatic carboxylic acids is 1. The van der Waals surface area contributed by atoms with Crippen LogP contribution in [-0.4, -0.2) is 25.3 Å². The zero-order valence-corrected chi connectivity index (χ0v) is 12.6. The molecule has 5 heteroatoms. The highest BCUT2D eigenvalue weighted by Crippen LogP contribution is 2.31. The first-order valence-electron chi connectivity index (χ1n) is 6.31. The smallest absolute Gasteiger partial charge is 0.335 e. The van der Waals surface area contributed by atoms with Gasteiger partial charge in [0.15, 0.2) is 11.5 Å². The SMILES string of the molecule is COc1ccc(CSc2cccc(C(=O)O)c2)cc1OC. The Morgan fingerprint density at radius 3 is 2.52 bits per heavy atom. The van der Waals surface area contributed by atoms with Crippen LogP contribution < -0.4 is 9.47 Å². The van der Waals surface area contributed by atoms with Crippen molar-refractivity contribution in [1.29, 1.82) is 0 Å². The van der Waals surface area contributed by atoms with E-state index < -0.39 is 5.97 Å². The van der Waals surface area contributed by atoms with E-state index in [9.17, 15) is 4.79 Å². The lowest BCUT2D eigenvalue weighted by atomic mass is 10.2. The van der Waals surface area contributed by atoms with E-state index in [0.717, 1.165) is 16.2 Å². The Bertz CT molecular complexity index is 640. The summed E-state index contributed by atoms with van der Waals surface area (Å²) < 4.78 is 10.5. The molecule has 0 fully saturated rings. The highest BCUT2D eigenvalue weighted by Gasteiger charge is 2.06. The highest BCUT2D eigenvalue weighted by molar-refractivity contribution is 7.98. The van der Waals surface area contributed by atoms with Gasteiger partial charge in [0, 0.05) is 10.6 Å². The number of carboxylic acid groups (broad SMARTS) is 1. The lowest BCUT2D eigenvalue weighted by Gasteiger charge is -2.09. The molecule has 21 heavy (non-hydrogen) atoms. The molecule has 1 N–H and O–H groups in total. The van der Waals surface area contributed by atoms with Crippen molar-refractivity contribution in [3.8, 4) is 11.5 Å². The van der Waals surface area contributed by atoms with Gasteiger partial charge in [0.25, 0.3) is 0 Å². The standard InChI is InChI=1S/C16H16O4S/c1-19-14-7-6-11(8-15(14)20-2)10-21-13-5-3-4-12(9-13)16(17)18/h3-9H,10H2,1-2H3,(H,17,18). The van der Waals surface area contributed by atoms with Gasteiger partial charge in [0.2, 0.25) is 0 Å². The van der Waals surface area contributed by atoms with E-state index in [1.807, 2.05) is 24.3 Å². The molecule has 0 atom stereocenters. The van der Waals surface area contributed by atoms with Gasteiger partial charge < -0.3 is 14.6 Å². The van der Waals surface area contributed by atoms with Crippen molar-refractivity contribution in [1.82, 2.24) is 0 Å². The minimum atomic E-state index is -0.913. The molecular formula is C16H16O4S. The summed E-state index contributed by atoms with van der Waals surface area (Å²) >= 11 is 1.58. The molecule has 0 saturated carbocycles. The first-order valence-corrected chi connectivity index (χ1v) is 7.29. The second kappa shape index (κ2) is 7.04. The Hall–Kier alpha value is -2.14. The molecule has 0 aliphatic rings. The van der Waals surface area contributed by atoms with Crippen LogP contribution in [0.2, 0.25) is 0 Å². The van der Waals surface area contributed by atoms with Crippen molar-refractivity contribution in [2.45, 2.75) is 10.6 Å². The van der Waals surface area contributed by atoms with Crippen molar-refractivity contribution in [3.63, 3.8) is 0 Å². The van der Waals surface area contributed by atoms with Crippen molar-refractivity contribution >= 4 is 17.7 Å². The molecule has 110 valence electrons. The lowest BCUT2D eigenvalue weighted by Crippen LogP contribution is -1.95. The molecule has 0 unspecified atom stereocenters. The average Bonchev–Trinajstić information content (AvgIpc) is 2.52. The summed E-state index contributed by atoms with van der Waals surface area (Å²) in [7, 11) is 3.20. The second-order valence-electron chi connectivity index (χ2n) is 4.31. The number of methoxy groups -OCH3 is 2. The van der Waals surface area contributed by atoms with E-state index in [0.29, 0.717) is 17.1 Å². The van der Waals surface area contributed by atoms with Crippen molar-refractivity contribution in [3.05, 3.63) is 53.6 Å². The molecule has 0 saturated heterocycles. The predicted octanol–water partition coefficient (Wildman–Crippen LogP) is 3.69. The fraction of sp³-hybridized carbons (Fsp3) is 0.188. The molecule has 0 aliphatic carbocycles. The van der Waals surface area contributed by atoms with Gasteiger partial charge >= 0.3 is 5.97 Å². The number of rotatable bonds is 6. The third-order valence-electron chi connectivity index (χ3n) is 2.93. The maximum absolute atomic E-state index is 10.9. The third kappa shape index (κ3) is 3.92. The number of carbonyl (C=O) groups is 1. The van der Waals surface area contributed by atoms with Gasteiger partial charge in [-0.05, 0) is 35.9 Å². The van der Waals surface area contributed by atoms with Crippen LogP contribution in [0.3, 0.4) is 0 Å². The molecule has 2 aromatic carbocycles. The molecule has 0 heterocycles. The van der Waals surface area contributed by atoms with Crippen LogP contribution in [0.15, 0.2) is 47.4 Å². The van der Waals surface area contributed by atoms with E-state index in [4.69, 9.17) is 14.6 Å². The summed E-state index contributed by atoms with van der Waals surface area (Å²) in [5.74, 6) is 1.20. The summed E-state index contributed by atoms with van der Waals surface area (Å²) in [5.41, 5.74) is 1.38. The van der Waals surface area contributed by atoms with Gasteiger partial charge in [-0.1, -0.05) is 12.1 Å². The molecule has 0 aliphatic heterocycles. The normalized spacial score (nSPS) is 10.2. The Balaban J connectivity index is 2.09. The van der Waals surface area contributed by atoms with E-state index in [1.54, 1.807) is 44.2 Å². The molecule has 0 aromatic heterocycles. The molecular weight excluding hydrogens is 288 g/mol. The number of ether oxygens (including phenoxy) is 2. The third-order valence-corrected chi connectivity index (χ3v) is 4.00. The van der Waals surface area contributed by atoms with E-state index in [2.05, 4.69) is 0 Å². The Morgan fingerprint density at radius 2 is 1.86 bits per heavy atom. The van der Waals surface area contributed by atoms with E-state index in [1.165, 1.54) is 0 Å². The maximum Gasteiger partial charge on any atom is 0.335 e. The summed E-state index contributed by atoms with van der Waals surface area (Å²) in [6, 6.07) is 12.7. The number of thioether (sulfide) groups is 1. The van der Waals surface area contributed by atoms with Crippen molar-refractivity contribution in [2.75, 3.05) is 14.2 Å². The summed E-state index contributed by atoms with van der Waals surface area (Å²) in [5, 5.41) is 8.98. The van der Waals surface area contributed by atoms with E-state index in [-0.39, 0.29) is 0 Å². The van der Waals surface area contributed by atoms with Gasteiger partial charge in [0.1, 0.15) is 0 Å². The molecule has 2 aromatic rings. The van der Waals surface area contributed by atoms with E-state index >= 15 is 0 Å². The number of carboxylic acids is 1. The quantitative estimate of drug-likeness (QED) is 0.825. The first kappa shape index (κ1) is 15.3. The molecule has 4 nitrogen and oxygen atoms in total. The van der Waals surface area contributed by atoms with Crippen molar-refractivity contribution in [2.24, 2.45) is 0 Å². The fourth-order valence-electron chi connectivity index (χ4n) is 1.86. The van der Waals surface area contributed by atoms with Crippen LogP contribution in [-0.2, 0) is 5.75 Å². The van der Waals surface area contributed by atoms with Crippen LogP contribution in [0.25, 0.3) is 0 Å². The van der Waals surface area contributed by atoms with Gasteiger partial charge in [-0.15, -0.1) is 11.8 Å². The van der Waals surface area contributed by atoms with Crippen LogP contribution >= 0.6 is 11.8 Å². The topological polar surface area (TPSA) is 55.8 Å². The average molecular weight is 304 g/mol. The highest BCUT2D eigenvalue weighted by atomic mass is 32.2. The number of hydrogen-bond acceptors (Lipinski definition) is 4. The van der Waals surface area contributed by atoms with Crippen LogP contribution in [0.4, 0.5) is 0 Å². The Kier molecular flexibility index (Phi) is 5.11. The van der Waals surface area contributed by atoms with Gasteiger partial charge in [-0.2, -0.15) is 0 Å². The minimum Gasteiger partial charge on any atom is -0.493 e. The van der Waals surface area contributed by atoms with Gasteiger partial charge in [-0.25, -0.2) is 4.79 Å². The van der Waals surface area contributed by atoms with Gasteiger partial charge in [-0.3, -0.25) is 0 Å². The zero-order chi connectivity index (χ0) is 15.2. The maximum atomic E-state index is 10.9. The minimum absolute atomic E-state index is 0.298. The molecule has 2 rings (SSSR count). The van der Waals surface area contributed by atoms with Gasteiger partial charge in [0.05, 0.1) is 19.8 Å². The molecule has 0 bridgehead atoms. The van der Waals surface area contributed by atoms with Crippen LogP contribution in [0, 0.1) is 0 Å². The Labute approximate surface area is 127 Å².